The predicted octanol–water partition coefficient (Wildman–Crippen LogP) is 1.69. The second-order valence-electron chi connectivity index (χ2n) is 4.97. The average Bonchev–Trinajstić information content (AvgIpc) is 2.40. The third kappa shape index (κ3) is 3.16. The lowest BCUT2D eigenvalue weighted by atomic mass is 10.1. The summed E-state index contributed by atoms with van der Waals surface area (Å²) in [6.45, 7) is 8.19. The van der Waals surface area contributed by atoms with Crippen LogP contribution >= 0.6 is 0 Å². The first-order chi connectivity index (χ1) is 8.70. The molecular formula is C13H21FN4. The van der Waals surface area contributed by atoms with Crippen LogP contribution in [0.15, 0.2) is 12.4 Å². The van der Waals surface area contributed by atoms with Crippen LogP contribution < -0.4 is 4.90 Å². The largest absolute Gasteiger partial charge is 0.354 e. The standard InChI is InChI=1S/C13H21FN4/c1-11(2)12-9-13(16-10-15-12)18-7-5-17(4-3-14)6-8-18/h9-11H,3-8H2,1-2H3. The Kier molecular flexibility index (Phi) is 4.47. The molecule has 1 aromatic heterocycles. The summed E-state index contributed by atoms with van der Waals surface area (Å²) in [6, 6.07) is 2.06. The van der Waals surface area contributed by atoms with Crippen LogP contribution in [-0.2, 0) is 0 Å². The van der Waals surface area contributed by atoms with Gasteiger partial charge in [-0.2, -0.15) is 0 Å². The molecule has 5 heteroatoms. The Bertz CT molecular complexity index is 375. The van der Waals surface area contributed by atoms with Crippen molar-refractivity contribution in [3.63, 3.8) is 0 Å². The summed E-state index contributed by atoms with van der Waals surface area (Å²) in [5.74, 6) is 1.41. The molecular weight excluding hydrogens is 231 g/mol. The summed E-state index contributed by atoms with van der Waals surface area (Å²) in [6.07, 6.45) is 1.64. The Labute approximate surface area is 108 Å². The third-order valence-corrected chi connectivity index (χ3v) is 3.36. The minimum Gasteiger partial charge on any atom is -0.354 e. The van der Waals surface area contributed by atoms with Crippen molar-refractivity contribution in [3.8, 4) is 0 Å². The van der Waals surface area contributed by atoms with Gasteiger partial charge in [-0.15, -0.1) is 0 Å². The molecule has 1 aliphatic heterocycles. The fraction of sp³-hybridized carbons (Fsp3) is 0.692. The summed E-state index contributed by atoms with van der Waals surface area (Å²) in [5, 5.41) is 0. The van der Waals surface area contributed by atoms with Gasteiger partial charge in [0.2, 0.25) is 0 Å². The van der Waals surface area contributed by atoms with Gasteiger partial charge in [-0.05, 0) is 5.92 Å². The molecule has 1 aliphatic rings. The third-order valence-electron chi connectivity index (χ3n) is 3.36. The average molecular weight is 252 g/mol. The summed E-state index contributed by atoms with van der Waals surface area (Å²) in [5.41, 5.74) is 1.08. The van der Waals surface area contributed by atoms with Crippen LogP contribution in [-0.4, -0.2) is 54.3 Å². The van der Waals surface area contributed by atoms with E-state index in [0.29, 0.717) is 12.5 Å². The van der Waals surface area contributed by atoms with Crippen molar-refractivity contribution in [1.82, 2.24) is 14.9 Å². The molecule has 18 heavy (non-hydrogen) atoms. The van der Waals surface area contributed by atoms with Gasteiger partial charge in [-0.1, -0.05) is 13.8 Å². The highest BCUT2D eigenvalue weighted by atomic mass is 19.1. The van der Waals surface area contributed by atoms with Gasteiger partial charge in [-0.3, -0.25) is 4.90 Å². The van der Waals surface area contributed by atoms with E-state index in [-0.39, 0.29) is 6.67 Å². The summed E-state index contributed by atoms with van der Waals surface area (Å²) in [7, 11) is 0. The van der Waals surface area contributed by atoms with E-state index < -0.39 is 0 Å². The Morgan fingerprint density at radius 1 is 1.22 bits per heavy atom. The normalized spacial score (nSPS) is 17.4. The summed E-state index contributed by atoms with van der Waals surface area (Å²) >= 11 is 0. The Balaban J connectivity index is 1.98. The van der Waals surface area contributed by atoms with Crippen molar-refractivity contribution in [1.29, 1.82) is 0 Å². The van der Waals surface area contributed by atoms with Crippen molar-refractivity contribution in [2.24, 2.45) is 0 Å². The lowest BCUT2D eigenvalue weighted by Crippen LogP contribution is -2.47. The maximum Gasteiger partial charge on any atom is 0.132 e. The highest BCUT2D eigenvalue weighted by Gasteiger charge is 2.18. The first-order valence-corrected chi connectivity index (χ1v) is 6.56. The van der Waals surface area contributed by atoms with Gasteiger partial charge in [0.15, 0.2) is 0 Å². The number of hydrogen-bond donors (Lipinski definition) is 0. The number of aromatic nitrogens is 2. The van der Waals surface area contributed by atoms with Crippen molar-refractivity contribution in [2.45, 2.75) is 19.8 Å². The summed E-state index contributed by atoms with van der Waals surface area (Å²) in [4.78, 5) is 13.0. The van der Waals surface area contributed by atoms with Crippen LogP contribution in [0.5, 0.6) is 0 Å². The van der Waals surface area contributed by atoms with E-state index in [1.807, 2.05) is 0 Å². The van der Waals surface area contributed by atoms with Gasteiger partial charge in [0.25, 0.3) is 0 Å². The number of alkyl halides is 1. The maximum atomic E-state index is 12.3. The first kappa shape index (κ1) is 13.2. The first-order valence-electron chi connectivity index (χ1n) is 6.56. The Morgan fingerprint density at radius 3 is 2.56 bits per heavy atom. The van der Waals surface area contributed by atoms with Gasteiger partial charge in [0.05, 0.1) is 0 Å². The van der Waals surface area contributed by atoms with E-state index in [0.717, 1.165) is 37.7 Å². The number of nitrogens with zero attached hydrogens (tertiary/aromatic N) is 4. The smallest absolute Gasteiger partial charge is 0.132 e. The molecule has 0 amide bonds. The molecule has 0 N–H and O–H groups in total. The number of anilines is 1. The van der Waals surface area contributed by atoms with E-state index in [4.69, 9.17) is 0 Å². The molecule has 0 atom stereocenters. The SMILES string of the molecule is CC(C)c1cc(N2CCN(CCF)CC2)ncn1. The zero-order valence-electron chi connectivity index (χ0n) is 11.1. The molecule has 2 rings (SSSR count). The molecule has 0 aromatic carbocycles. The Hall–Kier alpha value is -1.23. The number of piperazine rings is 1. The van der Waals surface area contributed by atoms with Crippen LogP contribution in [0.25, 0.3) is 0 Å². The molecule has 0 aliphatic carbocycles. The highest BCUT2D eigenvalue weighted by Crippen LogP contribution is 2.18. The van der Waals surface area contributed by atoms with Gasteiger partial charge in [0, 0.05) is 44.5 Å². The minimum absolute atomic E-state index is 0.259. The molecule has 0 radical (unpaired) electrons. The van der Waals surface area contributed by atoms with E-state index in [1.165, 1.54) is 0 Å². The van der Waals surface area contributed by atoms with Gasteiger partial charge in [-0.25, -0.2) is 14.4 Å². The molecule has 1 saturated heterocycles. The molecule has 1 aromatic rings. The monoisotopic (exact) mass is 252 g/mol. The lowest BCUT2D eigenvalue weighted by molar-refractivity contribution is 0.235. The lowest BCUT2D eigenvalue weighted by Gasteiger charge is -2.35. The molecule has 0 saturated carbocycles. The zero-order chi connectivity index (χ0) is 13.0. The fourth-order valence-electron chi connectivity index (χ4n) is 2.17. The maximum absolute atomic E-state index is 12.3. The van der Waals surface area contributed by atoms with Gasteiger partial charge < -0.3 is 4.90 Å². The van der Waals surface area contributed by atoms with Gasteiger partial charge >= 0.3 is 0 Å². The van der Waals surface area contributed by atoms with Crippen LogP contribution in [0.1, 0.15) is 25.5 Å². The topological polar surface area (TPSA) is 32.3 Å². The molecule has 1 fully saturated rings. The number of hydrogen-bond acceptors (Lipinski definition) is 4. The van der Waals surface area contributed by atoms with E-state index in [2.05, 4.69) is 39.7 Å². The van der Waals surface area contributed by atoms with Crippen LogP contribution in [0.3, 0.4) is 0 Å². The second kappa shape index (κ2) is 6.09. The van der Waals surface area contributed by atoms with Crippen LogP contribution in [0.2, 0.25) is 0 Å². The van der Waals surface area contributed by atoms with Crippen LogP contribution in [0, 0.1) is 0 Å². The Morgan fingerprint density at radius 2 is 1.94 bits per heavy atom. The summed E-state index contributed by atoms with van der Waals surface area (Å²) < 4.78 is 12.3. The van der Waals surface area contributed by atoms with Crippen molar-refractivity contribution < 1.29 is 4.39 Å². The van der Waals surface area contributed by atoms with Crippen molar-refractivity contribution >= 4 is 5.82 Å². The second-order valence-corrected chi connectivity index (χ2v) is 4.97. The number of rotatable bonds is 4. The molecule has 2 heterocycles. The van der Waals surface area contributed by atoms with Crippen molar-refractivity contribution in [2.75, 3.05) is 44.3 Å². The van der Waals surface area contributed by atoms with Crippen LogP contribution in [0.4, 0.5) is 10.2 Å². The molecule has 4 nitrogen and oxygen atoms in total. The quantitative estimate of drug-likeness (QED) is 0.816. The van der Waals surface area contributed by atoms with Gasteiger partial charge in [0.1, 0.15) is 18.8 Å². The van der Waals surface area contributed by atoms with E-state index in [1.54, 1.807) is 6.33 Å². The number of halogens is 1. The molecule has 0 unspecified atom stereocenters. The predicted molar refractivity (Wildman–Crippen MR) is 70.7 cm³/mol. The van der Waals surface area contributed by atoms with E-state index in [9.17, 15) is 4.39 Å². The van der Waals surface area contributed by atoms with Crippen molar-refractivity contribution in [3.05, 3.63) is 18.1 Å². The fourth-order valence-corrected chi connectivity index (χ4v) is 2.17. The highest BCUT2D eigenvalue weighted by molar-refractivity contribution is 5.40. The minimum atomic E-state index is -0.259. The van der Waals surface area contributed by atoms with E-state index >= 15 is 0 Å². The molecule has 0 spiro atoms. The zero-order valence-corrected chi connectivity index (χ0v) is 11.1. The molecule has 0 bridgehead atoms. The molecule has 100 valence electrons.